The van der Waals surface area contributed by atoms with Crippen molar-refractivity contribution in [1.29, 1.82) is 0 Å². The summed E-state index contributed by atoms with van der Waals surface area (Å²) in [5, 5.41) is 12.6. The van der Waals surface area contributed by atoms with Crippen molar-refractivity contribution in [1.82, 2.24) is 5.32 Å². The monoisotopic (exact) mass is 207 g/mol. The van der Waals surface area contributed by atoms with Crippen molar-refractivity contribution >= 4 is 0 Å². The Kier molecular flexibility index (Phi) is 5.37. The molecule has 0 saturated heterocycles. The molecule has 0 saturated carbocycles. The highest BCUT2D eigenvalue weighted by Gasteiger charge is 2.08. The molecule has 0 heterocycles. The molecule has 84 valence electrons. The Morgan fingerprint density at radius 1 is 1.20 bits per heavy atom. The fourth-order valence-corrected chi connectivity index (χ4v) is 1.52. The van der Waals surface area contributed by atoms with Crippen molar-refractivity contribution < 1.29 is 5.11 Å². The normalized spacial score (nSPS) is 13.1. The molecule has 0 aliphatic carbocycles. The van der Waals surface area contributed by atoms with E-state index in [9.17, 15) is 5.11 Å². The quantitative estimate of drug-likeness (QED) is 0.750. The summed E-state index contributed by atoms with van der Waals surface area (Å²) < 4.78 is 0. The Morgan fingerprint density at radius 3 is 2.40 bits per heavy atom. The molecule has 0 fully saturated rings. The molecule has 2 heteroatoms. The minimum Gasteiger partial charge on any atom is -0.394 e. The molecule has 0 radical (unpaired) electrons. The summed E-state index contributed by atoms with van der Waals surface area (Å²) in [5.74, 6) is 0.701. The van der Waals surface area contributed by atoms with E-state index < -0.39 is 0 Å². The van der Waals surface area contributed by atoms with E-state index >= 15 is 0 Å². The zero-order chi connectivity index (χ0) is 11.1. The predicted octanol–water partition coefficient (Wildman–Crippen LogP) is 2.36. The Bertz CT molecular complexity index is 258. The second-order valence-electron chi connectivity index (χ2n) is 4.28. The van der Waals surface area contributed by atoms with E-state index in [2.05, 4.69) is 19.2 Å². The van der Waals surface area contributed by atoms with E-state index in [0.717, 1.165) is 18.5 Å². The Hall–Kier alpha value is -0.860. The third-order valence-electron chi connectivity index (χ3n) is 2.50. The maximum atomic E-state index is 9.28. The van der Waals surface area contributed by atoms with Crippen LogP contribution in [0, 0.1) is 5.92 Å². The maximum Gasteiger partial charge on any atom is 0.0626 e. The van der Waals surface area contributed by atoms with Crippen LogP contribution in [0.15, 0.2) is 30.3 Å². The van der Waals surface area contributed by atoms with Crippen LogP contribution in [0.3, 0.4) is 0 Å². The van der Waals surface area contributed by atoms with Gasteiger partial charge in [0.1, 0.15) is 0 Å². The van der Waals surface area contributed by atoms with Gasteiger partial charge >= 0.3 is 0 Å². The van der Waals surface area contributed by atoms with Gasteiger partial charge < -0.3 is 10.4 Å². The molecule has 0 spiro atoms. The zero-order valence-electron chi connectivity index (χ0n) is 9.61. The number of rotatable bonds is 6. The van der Waals surface area contributed by atoms with Gasteiger partial charge in [-0.1, -0.05) is 44.2 Å². The van der Waals surface area contributed by atoms with Gasteiger partial charge in [-0.3, -0.25) is 0 Å². The third kappa shape index (κ3) is 4.45. The number of nitrogens with one attached hydrogen (secondary N) is 1. The van der Waals surface area contributed by atoms with Gasteiger partial charge in [0.2, 0.25) is 0 Å². The van der Waals surface area contributed by atoms with E-state index in [1.54, 1.807) is 0 Å². The van der Waals surface area contributed by atoms with Crippen molar-refractivity contribution in [3.05, 3.63) is 35.9 Å². The van der Waals surface area contributed by atoms with Crippen molar-refractivity contribution in [2.75, 3.05) is 13.2 Å². The zero-order valence-corrected chi connectivity index (χ0v) is 9.61. The molecule has 0 amide bonds. The molecule has 1 aromatic rings. The predicted molar refractivity (Wildman–Crippen MR) is 63.7 cm³/mol. The second kappa shape index (κ2) is 6.59. The molecule has 2 nitrogen and oxygen atoms in total. The van der Waals surface area contributed by atoms with Crippen molar-refractivity contribution in [3.8, 4) is 0 Å². The average Bonchev–Trinajstić information content (AvgIpc) is 2.25. The summed E-state index contributed by atoms with van der Waals surface area (Å²) in [5.41, 5.74) is 1.16. The van der Waals surface area contributed by atoms with Crippen LogP contribution in [0.1, 0.15) is 31.9 Å². The number of hydrogen-bond donors (Lipinski definition) is 2. The molecule has 0 bridgehead atoms. The minimum atomic E-state index is 0.0740. The summed E-state index contributed by atoms with van der Waals surface area (Å²) >= 11 is 0. The molecule has 1 aromatic carbocycles. The first-order valence-electron chi connectivity index (χ1n) is 5.63. The molecule has 0 unspecified atom stereocenters. The van der Waals surface area contributed by atoms with Gasteiger partial charge in [0.25, 0.3) is 0 Å². The topological polar surface area (TPSA) is 32.3 Å². The molecule has 15 heavy (non-hydrogen) atoms. The maximum absolute atomic E-state index is 9.28. The van der Waals surface area contributed by atoms with Crippen LogP contribution in [0.25, 0.3) is 0 Å². The van der Waals surface area contributed by atoms with Gasteiger partial charge in [-0.2, -0.15) is 0 Å². The van der Waals surface area contributed by atoms with Crippen LogP contribution in [-0.2, 0) is 0 Å². The van der Waals surface area contributed by atoms with E-state index in [0.29, 0.717) is 5.92 Å². The average molecular weight is 207 g/mol. The number of aliphatic hydroxyl groups excluding tert-OH is 1. The smallest absolute Gasteiger partial charge is 0.0626 e. The second-order valence-corrected chi connectivity index (χ2v) is 4.28. The highest BCUT2D eigenvalue weighted by Crippen LogP contribution is 2.11. The highest BCUT2D eigenvalue weighted by atomic mass is 16.3. The van der Waals surface area contributed by atoms with E-state index in [1.165, 1.54) is 0 Å². The van der Waals surface area contributed by atoms with Crippen LogP contribution in [0.5, 0.6) is 0 Å². The van der Waals surface area contributed by atoms with Gasteiger partial charge in [-0.05, 0) is 24.4 Å². The van der Waals surface area contributed by atoms with Crippen LogP contribution in [0.2, 0.25) is 0 Å². The first-order valence-corrected chi connectivity index (χ1v) is 5.63. The lowest BCUT2D eigenvalue weighted by Crippen LogP contribution is -2.26. The molecule has 0 aromatic heterocycles. The third-order valence-corrected chi connectivity index (χ3v) is 2.50. The van der Waals surface area contributed by atoms with Gasteiger partial charge in [0.15, 0.2) is 0 Å². The lowest BCUT2D eigenvalue weighted by Gasteiger charge is -2.17. The molecule has 0 aliphatic heterocycles. The van der Waals surface area contributed by atoms with Crippen LogP contribution in [0.4, 0.5) is 0 Å². The van der Waals surface area contributed by atoms with Crippen molar-refractivity contribution in [3.63, 3.8) is 0 Å². The fraction of sp³-hybridized carbons (Fsp3) is 0.538. The standard InChI is InChI=1S/C13H21NO/c1-11(2)8-9-14-13(10-15)12-6-4-3-5-7-12/h3-7,11,13-15H,8-10H2,1-2H3/t13-/m1/s1. The highest BCUT2D eigenvalue weighted by molar-refractivity contribution is 5.18. The molecule has 2 N–H and O–H groups in total. The van der Waals surface area contributed by atoms with Gasteiger partial charge in [-0.25, -0.2) is 0 Å². The van der Waals surface area contributed by atoms with E-state index in [1.807, 2.05) is 30.3 Å². The van der Waals surface area contributed by atoms with Gasteiger partial charge in [0, 0.05) is 0 Å². The van der Waals surface area contributed by atoms with Crippen molar-refractivity contribution in [2.24, 2.45) is 5.92 Å². The first kappa shape index (κ1) is 12.2. The Morgan fingerprint density at radius 2 is 1.87 bits per heavy atom. The largest absolute Gasteiger partial charge is 0.394 e. The van der Waals surface area contributed by atoms with Crippen LogP contribution in [-0.4, -0.2) is 18.3 Å². The van der Waals surface area contributed by atoms with Gasteiger partial charge in [0.05, 0.1) is 12.6 Å². The molecular weight excluding hydrogens is 186 g/mol. The molecule has 1 rings (SSSR count). The SMILES string of the molecule is CC(C)CCN[C@H](CO)c1ccccc1. The minimum absolute atomic E-state index is 0.0740. The number of benzene rings is 1. The van der Waals surface area contributed by atoms with Gasteiger partial charge in [-0.15, -0.1) is 0 Å². The van der Waals surface area contributed by atoms with E-state index in [4.69, 9.17) is 0 Å². The Balaban J connectivity index is 2.43. The lowest BCUT2D eigenvalue weighted by atomic mass is 10.1. The summed E-state index contributed by atoms with van der Waals surface area (Å²) in [7, 11) is 0. The Labute approximate surface area is 92.3 Å². The number of aliphatic hydroxyl groups is 1. The summed E-state index contributed by atoms with van der Waals surface area (Å²) in [6.45, 7) is 5.52. The summed E-state index contributed by atoms with van der Waals surface area (Å²) in [4.78, 5) is 0. The van der Waals surface area contributed by atoms with Crippen LogP contribution >= 0.6 is 0 Å². The first-order chi connectivity index (χ1) is 7.24. The summed E-state index contributed by atoms with van der Waals surface area (Å²) in [6.07, 6.45) is 1.14. The summed E-state index contributed by atoms with van der Waals surface area (Å²) in [6, 6.07) is 10.2. The fourth-order valence-electron chi connectivity index (χ4n) is 1.52. The molecule has 1 atom stereocenters. The van der Waals surface area contributed by atoms with Crippen molar-refractivity contribution in [2.45, 2.75) is 26.3 Å². The lowest BCUT2D eigenvalue weighted by molar-refractivity contribution is 0.243. The molecular formula is C13H21NO. The van der Waals surface area contributed by atoms with Crippen LogP contribution < -0.4 is 5.32 Å². The van der Waals surface area contributed by atoms with E-state index in [-0.39, 0.29) is 12.6 Å². The molecule has 0 aliphatic rings. The number of hydrogen-bond acceptors (Lipinski definition) is 2.